The van der Waals surface area contributed by atoms with Gasteiger partial charge in [0.1, 0.15) is 5.75 Å². The second-order valence-electron chi connectivity index (χ2n) is 3.47. The lowest BCUT2D eigenvalue weighted by Crippen LogP contribution is -2.02. The fraction of sp³-hybridized carbons (Fsp3) is 0.300. The minimum Gasteiger partial charge on any atom is -0.508 e. The first-order valence-electron chi connectivity index (χ1n) is 4.30. The minimum atomic E-state index is -3.21. The lowest BCUT2D eigenvalue weighted by Gasteiger charge is -2.04. The van der Waals surface area contributed by atoms with Crippen LogP contribution in [0.5, 0.6) is 5.75 Å². The number of carbonyl (C=O) groups excluding carboxylic acids is 1. The summed E-state index contributed by atoms with van der Waals surface area (Å²) in [4.78, 5) is 11.0. The Morgan fingerprint density at radius 2 is 2.00 bits per heavy atom. The van der Waals surface area contributed by atoms with Crippen molar-refractivity contribution < 1.29 is 18.3 Å². The van der Waals surface area contributed by atoms with Gasteiger partial charge in [-0.3, -0.25) is 4.79 Å². The molecule has 1 rings (SSSR count). The van der Waals surface area contributed by atoms with E-state index in [1.54, 1.807) is 0 Å². The molecule has 0 radical (unpaired) electrons. The van der Waals surface area contributed by atoms with Gasteiger partial charge in [-0.1, -0.05) is 0 Å². The average molecular weight is 228 g/mol. The summed E-state index contributed by atoms with van der Waals surface area (Å²) < 4.78 is 22.1. The normalized spacial score (nSPS) is 11.3. The quantitative estimate of drug-likeness (QED) is 0.787. The summed E-state index contributed by atoms with van der Waals surface area (Å²) in [5.41, 5.74) is 0.650. The number of phenolic OH excluding ortho intramolecular Hbond substituents is 1. The van der Waals surface area contributed by atoms with Gasteiger partial charge in [0.15, 0.2) is 15.6 Å². The Balaban J connectivity index is 3.17. The number of benzene rings is 1. The van der Waals surface area contributed by atoms with E-state index in [0.29, 0.717) is 5.56 Å². The van der Waals surface area contributed by atoms with Crippen LogP contribution in [-0.2, 0) is 15.6 Å². The smallest absolute Gasteiger partial charge is 0.159 e. The highest BCUT2D eigenvalue weighted by atomic mass is 32.2. The Labute approximate surface area is 88.5 Å². The van der Waals surface area contributed by atoms with Crippen molar-refractivity contribution in [2.75, 3.05) is 6.26 Å². The molecule has 0 spiro atoms. The SMILES string of the molecule is CC(=O)c1ccc(O)c(CS(C)(=O)=O)c1. The van der Waals surface area contributed by atoms with Crippen LogP contribution in [0.4, 0.5) is 0 Å². The van der Waals surface area contributed by atoms with Crippen molar-refractivity contribution in [3.63, 3.8) is 0 Å². The summed E-state index contributed by atoms with van der Waals surface area (Å²) in [6.07, 6.45) is 1.08. The molecule has 0 bridgehead atoms. The first kappa shape index (κ1) is 11.7. The molecule has 0 aliphatic carbocycles. The zero-order valence-corrected chi connectivity index (χ0v) is 9.34. The van der Waals surface area contributed by atoms with E-state index in [4.69, 9.17) is 0 Å². The molecule has 15 heavy (non-hydrogen) atoms. The summed E-state index contributed by atoms with van der Waals surface area (Å²) >= 11 is 0. The zero-order chi connectivity index (χ0) is 11.6. The molecular weight excluding hydrogens is 216 g/mol. The third-order valence-electron chi connectivity index (χ3n) is 1.90. The maximum absolute atomic E-state index is 11.0. The van der Waals surface area contributed by atoms with Crippen LogP contribution in [0.15, 0.2) is 18.2 Å². The lowest BCUT2D eigenvalue weighted by molar-refractivity contribution is 0.101. The fourth-order valence-corrected chi connectivity index (χ4v) is 2.00. The standard InChI is InChI=1S/C10H12O4S/c1-7(11)8-3-4-10(12)9(5-8)6-15(2,13)14/h3-5,12H,6H2,1-2H3. The zero-order valence-electron chi connectivity index (χ0n) is 8.52. The van der Waals surface area contributed by atoms with E-state index in [0.717, 1.165) is 6.26 Å². The molecule has 1 aromatic rings. The Bertz CT molecular complexity index is 488. The van der Waals surface area contributed by atoms with Crippen LogP contribution in [-0.4, -0.2) is 25.6 Å². The van der Waals surface area contributed by atoms with Gasteiger partial charge >= 0.3 is 0 Å². The Morgan fingerprint density at radius 3 is 2.47 bits per heavy atom. The maximum atomic E-state index is 11.0. The van der Waals surface area contributed by atoms with Gasteiger partial charge in [-0.05, 0) is 25.1 Å². The van der Waals surface area contributed by atoms with Crippen molar-refractivity contribution in [3.05, 3.63) is 29.3 Å². The summed E-state index contributed by atoms with van der Waals surface area (Å²) in [6.45, 7) is 1.39. The van der Waals surface area contributed by atoms with Crippen LogP contribution >= 0.6 is 0 Å². The van der Waals surface area contributed by atoms with Gasteiger partial charge in [-0.2, -0.15) is 0 Å². The molecule has 1 aromatic carbocycles. The summed E-state index contributed by atoms with van der Waals surface area (Å²) in [5, 5.41) is 9.40. The first-order chi connectivity index (χ1) is 6.79. The number of phenols is 1. The van der Waals surface area contributed by atoms with Crippen LogP contribution in [0.1, 0.15) is 22.8 Å². The van der Waals surface area contributed by atoms with Crippen LogP contribution in [0.2, 0.25) is 0 Å². The topological polar surface area (TPSA) is 71.4 Å². The van der Waals surface area contributed by atoms with Gasteiger partial charge in [0.25, 0.3) is 0 Å². The van der Waals surface area contributed by atoms with Crippen LogP contribution in [0.3, 0.4) is 0 Å². The largest absolute Gasteiger partial charge is 0.508 e. The van der Waals surface area contributed by atoms with E-state index < -0.39 is 9.84 Å². The summed E-state index contributed by atoms with van der Waals surface area (Å²) in [7, 11) is -3.21. The number of Topliss-reactive ketones (excluding diaryl/α,β-unsaturated/α-hetero) is 1. The molecular formula is C10H12O4S. The number of hydrogen-bond donors (Lipinski definition) is 1. The number of carbonyl (C=O) groups is 1. The van der Waals surface area contributed by atoms with Gasteiger partial charge in [0.2, 0.25) is 0 Å². The molecule has 4 nitrogen and oxygen atoms in total. The second kappa shape index (κ2) is 4.02. The minimum absolute atomic E-state index is 0.106. The van der Waals surface area contributed by atoms with E-state index in [1.807, 2.05) is 0 Å². The molecule has 0 aliphatic rings. The van der Waals surface area contributed by atoms with Gasteiger partial charge < -0.3 is 5.11 Å². The Kier molecular flexibility index (Phi) is 3.14. The second-order valence-corrected chi connectivity index (χ2v) is 5.61. The molecule has 0 saturated carbocycles. The first-order valence-corrected chi connectivity index (χ1v) is 6.36. The van der Waals surface area contributed by atoms with Gasteiger partial charge in [-0.15, -0.1) is 0 Å². The number of aromatic hydroxyl groups is 1. The highest BCUT2D eigenvalue weighted by Gasteiger charge is 2.11. The van der Waals surface area contributed by atoms with E-state index in [9.17, 15) is 18.3 Å². The number of ketones is 1. The molecule has 0 aliphatic heterocycles. The predicted octanol–water partition coefficient (Wildman–Crippen LogP) is 1.14. The summed E-state index contributed by atoms with van der Waals surface area (Å²) in [6, 6.07) is 4.19. The van der Waals surface area contributed by atoms with Gasteiger partial charge in [0.05, 0.1) is 5.75 Å². The van der Waals surface area contributed by atoms with Crippen LogP contribution in [0.25, 0.3) is 0 Å². The molecule has 0 atom stereocenters. The number of sulfone groups is 1. The lowest BCUT2D eigenvalue weighted by atomic mass is 10.1. The highest BCUT2D eigenvalue weighted by Crippen LogP contribution is 2.20. The van der Waals surface area contributed by atoms with E-state index in [1.165, 1.54) is 25.1 Å². The molecule has 0 unspecified atom stereocenters. The van der Waals surface area contributed by atoms with Crippen molar-refractivity contribution in [2.45, 2.75) is 12.7 Å². The van der Waals surface area contributed by atoms with Crippen LogP contribution < -0.4 is 0 Å². The monoisotopic (exact) mass is 228 g/mol. The van der Waals surface area contributed by atoms with Crippen molar-refractivity contribution in [3.8, 4) is 5.75 Å². The molecule has 1 N–H and O–H groups in total. The molecule has 0 fully saturated rings. The fourth-order valence-electron chi connectivity index (χ4n) is 1.20. The molecule has 82 valence electrons. The highest BCUT2D eigenvalue weighted by molar-refractivity contribution is 7.89. The molecule has 5 heteroatoms. The molecule has 0 amide bonds. The summed E-state index contributed by atoms with van der Waals surface area (Å²) in [5.74, 6) is -0.532. The van der Waals surface area contributed by atoms with Crippen molar-refractivity contribution in [2.24, 2.45) is 0 Å². The van der Waals surface area contributed by atoms with E-state index in [2.05, 4.69) is 0 Å². The maximum Gasteiger partial charge on any atom is 0.159 e. The number of rotatable bonds is 3. The van der Waals surface area contributed by atoms with E-state index in [-0.39, 0.29) is 22.8 Å². The Morgan fingerprint density at radius 1 is 1.40 bits per heavy atom. The predicted molar refractivity (Wildman–Crippen MR) is 56.7 cm³/mol. The Hall–Kier alpha value is -1.36. The van der Waals surface area contributed by atoms with Gasteiger partial charge in [0, 0.05) is 17.4 Å². The molecule has 0 heterocycles. The third kappa shape index (κ3) is 3.36. The molecule has 0 aromatic heterocycles. The van der Waals surface area contributed by atoms with E-state index >= 15 is 0 Å². The average Bonchev–Trinajstić information content (AvgIpc) is 2.06. The van der Waals surface area contributed by atoms with Crippen LogP contribution in [0, 0.1) is 0 Å². The number of hydrogen-bond acceptors (Lipinski definition) is 4. The molecule has 0 saturated heterocycles. The van der Waals surface area contributed by atoms with Crippen molar-refractivity contribution in [1.82, 2.24) is 0 Å². The van der Waals surface area contributed by atoms with Crippen molar-refractivity contribution >= 4 is 15.6 Å². The van der Waals surface area contributed by atoms with Gasteiger partial charge in [-0.25, -0.2) is 8.42 Å². The third-order valence-corrected chi connectivity index (χ3v) is 2.74. The van der Waals surface area contributed by atoms with Crippen molar-refractivity contribution in [1.29, 1.82) is 0 Å².